The topological polar surface area (TPSA) is 40.5 Å². The number of benzene rings is 1. The Hall–Kier alpha value is -1.98. The van der Waals surface area contributed by atoms with Gasteiger partial charge < -0.3 is 10.0 Å². The first-order valence-electron chi connectivity index (χ1n) is 6.14. The van der Waals surface area contributed by atoms with Gasteiger partial charge in [0.15, 0.2) is 0 Å². The average Bonchev–Trinajstić information content (AvgIpc) is 2.37. The molecule has 0 aliphatic carbocycles. The highest BCUT2D eigenvalue weighted by atomic mass is 19.4. The van der Waals surface area contributed by atoms with Crippen molar-refractivity contribution in [2.24, 2.45) is 0 Å². The molecule has 0 aromatic heterocycles. The van der Waals surface area contributed by atoms with E-state index in [1.807, 2.05) is 17.9 Å². The van der Waals surface area contributed by atoms with Crippen molar-refractivity contribution in [3.63, 3.8) is 0 Å². The standard InChI is InChI=1S/C14H14F3NO2/c1-9-4-6-18(7-5-9)10-2-3-12(14(15,16)17)11(8-10)13(19)20/h2-4,8H,5-7H2,1H3,(H,19,20). The second-order valence-electron chi connectivity index (χ2n) is 4.78. The number of nitrogens with zero attached hydrogens (tertiary/aromatic N) is 1. The van der Waals surface area contributed by atoms with Crippen LogP contribution in [0.2, 0.25) is 0 Å². The Morgan fingerprint density at radius 2 is 2.05 bits per heavy atom. The Morgan fingerprint density at radius 3 is 2.55 bits per heavy atom. The Balaban J connectivity index is 2.38. The maximum Gasteiger partial charge on any atom is 0.417 e. The van der Waals surface area contributed by atoms with E-state index in [-0.39, 0.29) is 0 Å². The molecule has 1 heterocycles. The van der Waals surface area contributed by atoms with Crippen molar-refractivity contribution >= 4 is 11.7 Å². The zero-order valence-corrected chi connectivity index (χ0v) is 10.9. The summed E-state index contributed by atoms with van der Waals surface area (Å²) in [5.41, 5.74) is -0.0930. The van der Waals surface area contributed by atoms with Crippen LogP contribution >= 0.6 is 0 Å². The number of aromatic carboxylic acids is 1. The highest BCUT2D eigenvalue weighted by molar-refractivity contribution is 5.91. The van der Waals surface area contributed by atoms with Gasteiger partial charge in [0.2, 0.25) is 0 Å². The van der Waals surface area contributed by atoms with Crippen molar-refractivity contribution in [3.8, 4) is 0 Å². The van der Waals surface area contributed by atoms with E-state index >= 15 is 0 Å². The lowest BCUT2D eigenvalue weighted by Gasteiger charge is -2.28. The van der Waals surface area contributed by atoms with Crippen LogP contribution in [-0.4, -0.2) is 24.2 Å². The van der Waals surface area contributed by atoms with Crippen LogP contribution < -0.4 is 4.90 Å². The molecule has 0 spiro atoms. The Kier molecular flexibility index (Phi) is 3.74. The molecule has 1 aromatic rings. The first kappa shape index (κ1) is 14.4. The molecule has 0 unspecified atom stereocenters. The van der Waals surface area contributed by atoms with Crippen LogP contribution in [0.25, 0.3) is 0 Å². The molecular formula is C14H14F3NO2. The Morgan fingerprint density at radius 1 is 1.35 bits per heavy atom. The van der Waals surface area contributed by atoms with Crippen LogP contribution in [0.3, 0.4) is 0 Å². The minimum atomic E-state index is -4.66. The monoisotopic (exact) mass is 285 g/mol. The molecule has 1 aromatic carbocycles. The van der Waals surface area contributed by atoms with Gasteiger partial charge in [-0.05, 0) is 31.5 Å². The number of carbonyl (C=O) groups is 1. The van der Waals surface area contributed by atoms with Crippen molar-refractivity contribution in [1.29, 1.82) is 0 Å². The fourth-order valence-corrected chi connectivity index (χ4v) is 2.16. The lowest BCUT2D eigenvalue weighted by molar-refractivity contribution is -0.138. The maximum atomic E-state index is 12.7. The van der Waals surface area contributed by atoms with Gasteiger partial charge in [0.25, 0.3) is 0 Å². The van der Waals surface area contributed by atoms with E-state index in [1.54, 1.807) is 0 Å². The predicted octanol–water partition coefficient (Wildman–Crippen LogP) is 3.56. The van der Waals surface area contributed by atoms with Crippen molar-refractivity contribution in [2.75, 3.05) is 18.0 Å². The molecule has 0 fully saturated rings. The normalized spacial score (nSPS) is 16.0. The zero-order chi connectivity index (χ0) is 14.9. The summed E-state index contributed by atoms with van der Waals surface area (Å²) >= 11 is 0. The van der Waals surface area contributed by atoms with Crippen molar-refractivity contribution < 1.29 is 23.1 Å². The van der Waals surface area contributed by atoms with Crippen LogP contribution in [0.15, 0.2) is 29.8 Å². The molecule has 0 saturated carbocycles. The fourth-order valence-electron chi connectivity index (χ4n) is 2.16. The first-order valence-corrected chi connectivity index (χ1v) is 6.14. The fraction of sp³-hybridized carbons (Fsp3) is 0.357. The molecule has 1 aliphatic heterocycles. The van der Waals surface area contributed by atoms with E-state index in [9.17, 15) is 18.0 Å². The van der Waals surface area contributed by atoms with Gasteiger partial charge in [0.05, 0.1) is 11.1 Å². The number of rotatable bonds is 2. The number of carboxylic acid groups (broad SMARTS) is 1. The molecule has 2 rings (SSSR count). The number of hydrogen-bond donors (Lipinski definition) is 1. The van der Waals surface area contributed by atoms with E-state index in [1.165, 1.54) is 11.6 Å². The number of anilines is 1. The smallest absolute Gasteiger partial charge is 0.417 e. The Bertz CT molecular complexity index is 564. The highest BCUT2D eigenvalue weighted by Gasteiger charge is 2.35. The predicted molar refractivity (Wildman–Crippen MR) is 69.0 cm³/mol. The van der Waals surface area contributed by atoms with Crippen LogP contribution in [0.5, 0.6) is 0 Å². The van der Waals surface area contributed by atoms with Gasteiger partial charge in [-0.25, -0.2) is 4.79 Å². The van der Waals surface area contributed by atoms with Crippen LogP contribution in [0.1, 0.15) is 29.3 Å². The van der Waals surface area contributed by atoms with E-state index in [2.05, 4.69) is 0 Å². The highest BCUT2D eigenvalue weighted by Crippen LogP contribution is 2.34. The molecule has 0 radical (unpaired) electrons. The molecule has 6 heteroatoms. The minimum Gasteiger partial charge on any atom is -0.478 e. The van der Waals surface area contributed by atoms with Gasteiger partial charge in [-0.1, -0.05) is 11.6 Å². The van der Waals surface area contributed by atoms with Crippen molar-refractivity contribution in [3.05, 3.63) is 41.0 Å². The molecule has 3 nitrogen and oxygen atoms in total. The zero-order valence-electron chi connectivity index (χ0n) is 10.9. The van der Waals surface area contributed by atoms with Gasteiger partial charge in [-0.3, -0.25) is 0 Å². The van der Waals surface area contributed by atoms with E-state index in [4.69, 9.17) is 5.11 Å². The third-order valence-corrected chi connectivity index (χ3v) is 3.34. The number of carboxylic acids is 1. The second-order valence-corrected chi connectivity index (χ2v) is 4.78. The van der Waals surface area contributed by atoms with Crippen LogP contribution in [0.4, 0.5) is 18.9 Å². The van der Waals surface area contributed by atoms with Crippen LogP contribution in [0, 0.1) is 0 Å². The summed E-state index contributed by atoms with van der Waals surface area (Å²) in [6.45, 7) is 3.25. The summed E-state index contributed by atoms with van der Waals surface area (Å²) in [6.07, 6.45) is -1.85. The SMILES string of the molecule is CC1=CCN(c2ccc(C(F)(F)F)c(C(=O)O)c2)CC1. The van der Waals surface area contributed by atoms with Crippen molar-refractivity contribution in [1.82, 2.24) is 0 Å². The van der Waals surface area contributed by atoms with Gasteiger partial charge in [0, 0.05) is 18.8 Å². The summed E-state index contributed by atoms with van der Waals surface area (Å²) in [4.78, 5) is 12.9. The lowest BCUT2D eigenvalue weighted by Crippen LogP contribution is -2.28. The number of hydrogen-bond acceptors (Lipinski definition) is 2. The molecule has 0 amide bonds. The lowest BCUT2D eigenvalue weighted by atomic mass is 10.0. The Labute approximate surface area is 114 Å². The molecule has 108 valence electrons. The third-order valence-electron chi connectivity index (χ3n) is 3.34. The quantitative estimate of drug-likeness (QED) is 0.845. The maximum absolute atomic E-state index is 12.7. The van der Waals surface area contributed by atoms with E-state index in [0.29, 0.717) is 18.8 Å². The number of alkyl halides is 3. The molecule has 0 saturated heterocycles. The van der Waals surface area contributed by atoms with Crippen molar-refractivity contribution in [2.45, 2.75) is 19.5 Å². The van der Waals surface area contributed by atoms with Gasteiger partial charge in [0.1, 0.15) is 0 Å². The second kappa shape index (κ2) is 5.19. The van der Waals surface area contributed by atoms with Gasteiger partial charge >= 0.3 is 12.1 Å². The molecule has 1 aliphatic rings. The summed E-state index contributed by atoms with van der Waals surface area (Å²) in [7, 11) is 0. The summed E-state index contributed by atoms with van der Waals surface area (Å²) in [5, 5.41) is 8.96. The van der Waals surface area contributed by atoms with E-state index in [0.717, 1.165) is 18.6 Å². The largest absolute Gasteiger partial charge is 0.478 e. The minimum absolute atomic E-state index is 0.499. The molecule has 0 bridgehead atoms. The summed E-state index contributed by atoms with van der Waals surface area (Å²) in [6, 6.07) is 3.26. The molecule has 1 N–H and O–H groups in total. The van der Waals surface area contributed by atoms with Gasteiger partial charge in [-0.2, -0.15) is 13.2 Å². The average molecular weight is 285 g/mol. The molecule has 0 atom stereocenters. The van der Waals surface area contributed by atoms with E-state index < -0.39 is 23.3 Å². The van der Waals surface area contributed by atoms with Crippen LogP contribution in [-0.2, 0) is 6.18 Å². The summed E-state index contributed by atoms with van der Waals surface area (Å²) < 4.78 is 38.2. The molecular weight excluding hydrogens is 271 g/mol. The first-order chi connectivity index (χ1) is 9.29. The summed E-state index contributed by atoms with van der Waals surface area (Å²) in [5.74, 6) is -1.57. The van der Waals surface area contributed by atoms with Gasteiger partial charge in [-0.15, -0.1) is 0 Å². The third kappa shape index (κ3) is 2.95. The molecule has 20 heavy (non-hydrogen) atoms. The number of halogens is 3.